The fourth-order valence-corrected chi connectivity index (χ4v) is 7.54. The van der Waals surface area contributed by atoms with Gasteiger partial charge in [-0.3, -0.25) is 0 Å². The van der Waals surface area contributed by atoms with Crippen LogP contribution < -0.4 is 0 Å². The van der Waals surface area contributed by atoms with Gasteiger partial charge in [-0.15, -0.1) is 0 Å². The van der Waals surface area contributed by atoms with Crippen LogP contribution in [0.15, 0.2) is 195 Å². The Morgan fingerprint density at radius 1 is 0.431 bits per heavy atom. The van der Waals surface area contributed by atoms with E-state index in [9.17, 15) is 0 Å². The molecule has 9 aromatic rings. The van der Waals surface area contributed by atoms with Crippen LogP contribution in [0.3, 0.4) is 0 Å². The van der Waals surface area contributed by atoms with Gasteiger partial charge in [-0.25, -0.2) is 0 Å². The molecule has 0 unspecified atom stereocenters. The van der Waals surface area contributed by atoms with Crippen molar-refractivity contribution < 1.29 is 0 Å². The van der Waals surface area contributed by atoms with Crippen molar-refractivity contribution in [3.63, 3.8) is 0 Å². The molecule has 0 amide bonds. The zero-order chi connectivity index (χ0) is 34.3. The Bertz CT molecular complexity index is 2790. The van der Waals surface area contributed by atoms with E-state index in [1.165, 1.54) is 77.0 Å². The molecule has 2 aromatic heterocycles. The molecule has 2 nitrogen and oxygen atoms in total. The molecule has 0 spiro atoms. The Hall–Kier alpha value is -6.64. The summed E-state index contributed by atoms with van der Waals surface area (Å²) in [7, 11) is 0. The van der Waals surface area contributed by atoms with E-state index in [-0.39, 0.29) is 0 Å². The Kier molecular flexibility index (Phi) is 7.56. The molecule has 0 bridgehead atoms. The Labute approximate surface area is 298 Å². The molecule has 0 atom stereocenters. The Morgan fingerprint density at radius 2 is 0.882 bits per heavy atom. The highest BCUT2D eigenvalue weighted by molar-refractivity contribution is 6.12. The standard InChI is InChI=1S/C49H36N2/c1-3-4-6-13-34(2)35-20-26-40(27-21-35)50-46-18-11-9-16-42(46)44-32-38(24-30-48(44)50)39-25-31-49-45(33-39)43-17-10-12-19-47(43)51(49)41-28-22-37(23-29-41)36-14-7-5-8-15-36/h3-33H,1H2,2H3/b6-4-,34-13+. The van der Waals surface area contributed by atoms with Gasteiger partial charge in [-0.2, -0.15) is 0 Å². The number of benzene rings is 7. The van der Waals surface area contributed by atoms with Gasteiger partial charge in [0.2, 0.25) is 0 Å². The summed E-state index contributed by atoms with van der Waals surface area (Å²) in [5.74, 6) is 0. The minimum atomic E-state index is 1.15. The van der Waals surface area contributed by atoms with Gasteiger partial charge < -0.3 is 9.13 Å². The van der Waals surface area contributed by atoms with Crippen molar-refractivity contribution in [1.82, 2.24) is 9.13 Å². The fraction of sp³-hybridized carbons (Fsp3) is 0.0204. The van der Waals surface area contributed by atoms with Crippen LogP contribution in [0.1, 0.15) is 12.5 Å². The van der Waals surface area contributed by atoms with Gasteiger partial charge in [0.1, 0.15) is 0 Å². The Morgan fingerprint density at radius 3 is 1.43 bits per heavy atom. The number of aromatic nitrogens is 2. The lowest BCUT2D eigenvalue weighted by Crippen LogP contribution is -1.94. The first-order chi connectivity index (χ1) is 25.2. The van der Waals surface area contributed by atoms with Crippen LogP contribution in [-0.4, -0.2) is 9.13 Å². The number of fused-ring (bicyclic) bond motifs is 6. The average molecular weight is 653 g/mol. The highest BCUT2D eigenvalue weighted by Gasteiger charge is 2.16. The number of hydrogen-bond acceptors (Lipinski definition) is 0. The minimum absolute atomic E-state index is 1.15. The molecule has 0 saturated heterocycles. The molecule has 0 aliphatic rings. The quantitative estimate of drug-likeness (QED) is 0.152. The monoisotopic (exact) mass is 652 g/mol. The maximum absolute atomic E-state index is 3.77. The Balaban J connectivity index is 1.13. The molecule has 51 heavy (non-hydrogen) atoms. The van der Waals surface area contributed by atoms with Crippen molar-refractivity contribution in [3.05, 3.63) is 200 Å². The van der Waals surface area contributed by atoms with Gasteiger partial charge in [-0.1, -0.05) is 134 Å². The molecule has 0 N–H and O–H groups in total. The van der Waals surface area contributed by atoms with Crippen molar-refractivity contribution in [2.75, 3.05) is 0 Å². The van der Waals surface area contributed by atoms with Crippen molar-refractivity contribution in [2.45, 2.75) is 6.92 Å². The summed E-state index contributed by atoms with van der Waals surface area (Å²) in [5.41, 5.74) is 14.4. The minimum Gasteiger partial charge on any atom is -0.309 e. The largest absolute Gasteiger partial charge is 0.309 e. The van der Waals surface area contributed by atoms with E-state index in [4.69, 9.17) is 0 Å². The molecule has 0 saturated carbocycles. The molecular formula is C49H36N2. The molecular weight excluding hydrogens is 617 g/mol. The fourth-order valence-electron chi connectivity index (χ4n) is 7.54. The summed E-state index contributed by atoms with van der Waals surface area (Å²) in [5, 5.41) is 5.01. The summed E-state index contributed by atoms with van der Waals surface area (Å²) in [6.07, 6.45) is 7.90. The third-order valence-electron chi connectivity index (χ3n) is 10.1. The lowest BCUT2D eigenvalue weighted by molar-refractivity contribution is 1.18. The van der Waals surface area contributed by atoms with E-state index < -0.39 is 0 Å². The van der Waals surface area contributed by atoms with Crippen molar-refractivity contribution in [1.29, 1.82) is 0 Å². The summed E-state index contributed by atoms with van der Waals surface area (Å²) in [4.78, 5) is 0. The van der Waals surface area contributed by atoms with Crippen LogP contribution >= 0.6 is 0 Å². The molecule has 2 heteroatoms. The van der Waals surface area contributed by atoms with Gasteiger partial charge in [-0.05, 0) is 101 Å². The highest BCUT2D eigenvalue weighted by Crippen LogP contribution is 2.38. The van der Waals surface area contributed by atoms with Crippen LogP contribution in [0.5, 0.6) is 0 Å². The first-order valence-electron chi connectivity index (χ1n) is 17.5. The highest BCUT2D eigenvalue weighted by atomic mass is 15.0. The normalized spacial score (nSPS) is 12.1. The smallest absolute Gasteiger partial charge is 0.0541 e. The van der Waals surface area contributed by atoms with Gasteiger partial charge in [0.05, 0.1) is 22.1 Å². The number of nitrogens with zero attached hydrogens (tertiary/aromatic N) is 2. The number of hydrogen-bond donors (Lipinski definition) is 0. The van der Waals surface area contributed by atoms with Crippen molar-refractivity contribution >= 4 is 49.2 Å². The zero-order valence-corrected chi connectivity index (χ0v) is 28.5. The first-order valence-corrected chi connectivity index (χ1v) is 17.5. The molecule has 9 rings (SSSR count). The van der Waals surface area contributed by atoms with Crippen LogP contribution in [0.25, 0.3) is 82.8 Å². The summed E-state index contributed by atoms with van der Waals surface area (Å²) in [6, 6.07) is 59.7. The molecule has 0 aliphatic carbocycles. The second-order valence-electron chi connectivity index (χ2n) is 13.1. The third-order valence-corrected chi connectivity index (χ3v) is 10.1. The molecule has 0 radical (unpaired) electrons. The van der Waals surface area contributed by atoms with Crippen LogP contribution in [-0.2, 0) is 0 Å². The molecule has 2 heterocycles. The molecule has 0 fully saturated rings. The first kappa shape index (κ1) is 30.4. The third kappa shape index (κ3) is 5.29. The van der Waals surface area contributed by atoms with Crippen molar-refractivity contribution in [2.24, 2.45) is 0 Å². The SMILES string of the molecule is C=C/C=C\C=C(/C)c1ccc(-n2c3ccccc3c3cc(-c4ccc5c(c4)c4ccccc4n5-c4ccc(-c5ccccc5)cc4)ccc32)cc1. The van der Waals surface area contributed by atoms with E-state index in [1.54, 1.807) is 6.08 Å². The topological polar surface area (TPSA) is 9.86 Å². The van der Waals surface area contributed by atoms with Crippen LogP contribution in [0.4, 0.5) is 0 Å². The second-order valence-corrected chi connectivity index (χ2v) is 13.1. The van der Waals surface area contributed by atoms with E-state index in [0.717, 1.165) is 11.4 Å². The summed E-state index contributed by atoms with van der Waals surface area (Å²) < 4.78 is 4.77. The maximum Gasteiger partial charge on any atom is 0.0541 e. The predicted octanol–water partition coefficient (Wildman–Crippen LogP) is 13.4. The van der Waals surface area contributed by atoms with Gasteiger partial charge in [0, 0.05) is 32.9 Å². The lowest BCUT2D eigenvalue weighted by Gasteiger charge is -2.11. The second kappa shape index (κ2) is 12.7. The van der Waals surface area contributed by atoms with E-state index in [2.05, 4.69) is 193 Å². The van der Waals surface area contributed by atoms with Gasteiger partial charge >= 0.3 is 0 Å². The average Bonchev–Trinajstić information content (AvgIpc) is 3.70. The van der Waals surface area contributed by atoms with Crippen LogP contribution in [0.2, 0.25) is 0 Å². The number of allylic oxidation sites excluding steroid dienone is 5. The van der Waals surface area contributed by atoms with Gasteiger partial charge in [0.15, 0.2) is 0 Å². The zero-order valence-electron chi connectivity index (χ0n) is 28.5. The summed E-state index contributed by atoms with van der Waals surface area (Å²) in [6.45, 7) is 5.91. The molecule has 242 valence electrons. The van der Waals surface area contributed by atoms with E-state index in [1.807, 2.05) is 12.2 Å². The van der Waals surface area contributed by atoms with Crippen molar-refractivity contribution in [3.8, 4) is 33.6 Å². The maximum atomic E-state index is 3.77. The molecule has 0 aliphatic heterocycles. The number of rotatable bonds is 7. The van der Waals surface area contributed by atoms with E-state index in [0.29, 0.717) is 0 Å². The van der Waals surface area contributed by atoms with E-state index >= 15 is 0 Å². The van der Waals surface area contributed by atoms with Crippen LogP contribution in [0, 0.1) is 0 Å². The lowest BCUT2D eigenvalue weighted by atomic mass is 10.0. The molecule has 7 aromatic carbocycles. The van der Waals surface area contributed by atoms with Gasteiger partial charge in [0.25, 0.3) is 0 Å². The number of para-hydroxylation sites is 2. The summed E-state index contributed by atoms with van der Waals surface area (Å²) >= 11 is 0. The predicted molar refractivity (Wildman–Crippen MR) is 219 cm³/mol.